The Hall–Kier alpha value is -3.17. The van der Waals surface area contributed by atoms with Crippen LogP contribution in [0.3, 0.4) is 0 Å². The second-order valence-electron chi connectivity index (χ2n) is 7.12. The van der Waals surface area contributed by atoms with E-state index in [4.69, 9.17) is 16.3 Å². The number of amides is 3. The fourth-order valence-corrected chi connectivity index (χ4v) is 4.45. The largest absolute Gasteiger partial charge is 0.492 e. The second-order valence-corrected chi connectivity index (χ2v) is 8.54. The number of urea groups is 1. The fraction of sp³-hybridized carbons (Fsp3) is 0.273. The van der Waals surface area contributed by atoms with Crippen LogP contribution >= 0.6 is 22.9 Å². The van der Waals surface area contributed by atoms with Crippen molar-refractivity contribution in [2.45, 2.75) is 25.8 Å². The highest BCUT2D eigenvalue weighted by atomic mass is 35.5. The van der Waals surface area contributed by atoms with Gasteiger partial charge in [0.25, 0.3) is 0 Å². The van der Waals surface area contributed by atoms with Crippen molar-refractivity contribution in [1.29, 1.82) is 0 Å². The van der Waals surface area contributed by atoms with Crippen LogP contribution in [0.5, 0.6) is 5.75 Å². The van der Waals surface area contributed by atoms with Crippen molar-refractivity contribution in [1.82, 2.24) is 15.1 Å². The lowest BCUT2D eigenvalue weighted by Gasteiger charge is -2.24. The Bertz CT molecular complexity index is 1120. The van der Waals surface area contributed by atoms with Gasteiger partial charge in [-0.05, 0) is 44.0 Å². The number of carbonyl (C=O) groups excluding carboxylic acids is 2. The van der Waals surface area contributed by atoms with Gasteiger partial charge in [-0.1, -0.05) is 47.2 Å². The molecular weight excluding hydrogens is 450 g/mol. The maximum Gasteiger partial charge on any atom is 0.322 e. The summed E-state index contributed by atoms with van der Waals surface area (Å²) < 4.78 is 5.57. The van der Waals surface area contributed by atoms with E-state index in [1.54, 1.807) is 24.3 Å². The third kappa shape index (κ3) is 5.00. The topological polar surface area (TPSA) is 96.5 Å². The molecular formula is C22H22ClN5O3S. The zero-order valence-corrected chi connectivity index (χ0v) is 18.9. The number of rotatable bonds is 6. The van der Waals surface area contributed by atoms with Gasteiger partial charge in [0.15, 0.2) is 0 Å². The number of nitrogens with one attached hydrogen (secondary N) is 2. The zero-order valence-electron chi connectivity index (χ0n) is 17.4. The Balaban J connectivity index is 1.42. The van der Waals surface area contributed by atoms with E-state index < -0.39 is 6.04 Å². The van der Waals surface area contributed by atoms with Crippen molar-refractivity contribution in [3.05, 3.63) is 53.6 Å². The number of anilines is 2. The van der Waals surface area contributed by atoms with Crippen LogP contribution in [0.1, 0.15) is 19.8 Å². The maximum atomic E-state index is 12.9. The van der Waals surface area contributed by atoms with Crippen molar-refractivity contribution >= 4 is 45.7 Å². The standard InChI is InChI=1S/C22H22ClN5O3S/c1-2-31-18-11-4-3-9-16(18)24-22(30)28-12-6-10-17(28)19(29)25-21-27-26-20(32-21)14-7-5-8-15(23)13-14/h3-5,7-9,11,13,17H,2,6,10,12H2,1H3,(H,24,30)(H,25,27,29). The number of hydrogen-bond acceptors (Lipinski definition) is 6. The molecule has 1 atom stereocenters. The van der Waals surface area contributed by atoms with Crippen LogP contribution in [0, 0.1) is 0 Å². The number of nitrogens with zero attached hydrogens (tertiary/aromatic N) is 3. The molecule has 0 bridgehead atoms. The predicted molar refractivity (Wildman–Crippen MR) is 125 cm³/mol. The maximum absolute atomic E-state index is 12.9. The van der Waals surface area contributed by atoms with Crippen LogP contribution in [0.15, 0.2) is 48.5 Å². The molecule has 0 spiro atoms. The summed E-state index contributed by atoms with van der Waals surface area (Å²) in [6, 6.07) is 13.6. The molecule has 32 heavy (non-hydrogen) atoms. The zero-order chi connectivity index (χ0) is 22.5. The molecule has 2 aromatic carbocycles. The first-order chi connectivity index (χ1) is 15.5. The minimum absolute atomic E-state index is 0.287. The number of carbonyl (C=O) groups is 2. The molecule has 1 aliphatic heterocycles. The van der Waals surface area contributed by atoms with Crippen LogP contribution in [0.4, 0.5) is 15.6 Å². The quantitative estimate of drug-likeness (QED) is 0.533. The number of aromatic nitrogens is 2. The van der Waals surface area contributed by atoms with E-state index in [9.17, 15) is 9.59 Å². The van der Waals surface area contributed by atoms with Crippen molar-refractivity contribution in [2.24, 2.45) is 0 Å². The van der Waals surface area contributed by atoms with E-state index in [2.05, 4.69) is 20.8 Å². The normalized spacial score (nSPS) is 15.4. The van der Waals surface area contributed by atoms with Gasteiger partial charge in [-0.3, -0.25) is 10.1 Å². The molecule has 2 N–H and O–H groups in total. The highest BCUT2D eigenvalue weighted by molar-refractivity contribution is 7.18. The Morgan fingerprint density at radius 3 is 2.84 bits per heavy atom. The SMILES string of the molecule is CCOc1ccccc1NC(=O)N1CCCC1C(=O)Nc1nnc(-c2cccc(Cl)c2)s1. The Kier molecular flexibility index (Phi) is 6.87. The Labute approximate surface area is 194 Å². The third-order valence-corrected chi connectivity index (χ3v) is 6.09. The third-order valence-electron chi connectivity index (χ3n) is 4.97. The average molecular weight is 472 g/mol. The number of para-hydroxylation sites is 2. The molecule has 0 radical (unpaired) electrons. The molecule has 1 aromatic heterocycles. The lowest BCUT2D eigenvalue weighted by Crippen LogP contribution is -2.45. The smallest absolute Gasteiger partial charge is 0.322 e. The molecule has 2 heterocycles. The summed E-state index contributed by atoms with van der Waals surface area (Å²) in [5, 5.41) is 15.5. The summed E-state index contributed by atoms with van der Waals surface area (Å²) in [5.41, 5.74) is 1.39. The van der Waals surface area contributed by atoms with Crippen molar-refractivity contribution in [2.75, 3.05) is 23.8 Å². The second kappa shape index (κ2) is 9.97. The van der Waals surface area contributed by atoms with E-state index in [0.29, 0.717) is 46.2 Å². The first-order valence-electron chi connectivity index (χ1n) is 10.2. The van der Waals surface area contributed by atoms with Crippen molar-refractivity contribution in [3.8, 4) is 16.3 Å². The molecule has 0 aliphatic carbocycles. The minimum Gasteiger partial charge on any atom is -0.492 e. The van der Waals surface area contributed by atoms with Gasteiger partial charge in [0, 0.05) is 17.1 Å². The molecule has 3 aromatic rings. The predicted octanol–water partition coefficient (Wildman–Crippen LogP) is 4.89. The minimum atomic E-state index is -0.590. The lowest BCUT2D eigenvalue weighted by atomic mass is 10.2. The number of hydrogen-bond donors (Lipinski definition) is 2. The van der Waals surface area contributed by atoms with Gasteiger partial charge in [-0.2, -0.15) is 0 Å². The fourth-order valence-electron chi connectivity index (χ4n) is 3.52. The molecule has 1 fully saturated rings. The number of ether oxygens (including phenoxy) is 1. The van der Waals surface area contributed by atoms with Crippen LogP contribution in [0.2, 0.25) is 5.02 Å². The van der Waals surface area contributed by atoms with Gasteiger partial charge in [0.1, 0.15) is 16.8 Å². The number of halogens is 1. The Morgan fingerprint density at radius 1 is 1.19 bits per heavy atom. The summed E-state index contributed by atoms with van der Waals surface area (Å²) in [6.07, 6.45) is 1.31. The van der Waals surface area contributed by atoms with E-state index >= 15 is 0 Å². The van der Waals surface area contributed by atoms with E-state index in [-0.39, 0.29) is 11.9 Å². The first-order valence-corrected chi connectivity index (χ1v) is 11.4. The number of likely N-dealkylation sites (tertiary alicyclic amines) is 1. The lowest BCUT2D eigenvalue weighted by molar-refractivity contribution is -0.119. The molecule has 8 nitrogen and oxygen atoms in total. The Morgan fingerprint density at radius 2 is 2.03 bits per heavy atom. The van der Waals surface area contributed by atoms with E-state index in [0.717, 1.165) is 12.0 Å². The van der Waals surface area contributed by atoms with Crippen LogP contribution in [-0.2, 0) is 4.79 Å². The van der Waals surface area contributed by atoms with Gasteiger partial charge in [-0.25, -0.2) is 4.79 Å². The summed E-state index contributed by atoms with van der Waals surface area (Å²) in [6.45, 7) is 2.86. The van der Waals surface area contributed by atoms with Gasteiger partial charge >= 0.3 is 6.03 Å². The summed E-state index contributed by atoms with van der Waals surface area (Å²) in [4.78, 5) is 27.4. The summed E-state index contributed by atoms with van der Waals surface area (Å²) in [7, 11) is 0. The van der Waals surface area contributed by atoms with Crippen LogP contribution in [-0.4, -0.2) is 46.2 Å². The average Bonchev–Trinajstić information content (AvgIpc) is 3.45. The molecule has 10 heteroatoms. The van der Waals surface area contributed by atoms with Crippen molar-refractivity contribution in [3.63, 3.8) is 0 Å². The van der Waals surface area contributed by atoms with E-state index in [1.165, 1.54) is 16.2 Å². The van der Waals surface area contributed by atoms with Gasteiger partial charge < -0.3 is 15.0 Å². The molecule has 3 amide bonds. The van der Waals surface area contributed by atoms with E-state index in [1.807, 2.05) is 31.2 Å². The summed E-state index contributed by atoms with van der Waals surface area (Å²) in [5.74, 6) is 0.301. The molecule has 0 saturated carbocycles. The molecule has 166 valence electrons. The van der Waals surface area contributed by atoms with Gasteiger partial charge in [-0.15, -0.1) is 10.2 Å². The molecule has 1 aliphatic rings. The monoisotopic (exact) mass is 471 g/mol. The molecule has 1 saturated heterocycles. The van der Waals surface area contributed by atoms with Crippen molar-refractivity contribution < 1.29 is 14.3 Å². The summed E-state index contributed by atoms with van der Waals surface area (Å²) >= 11 is 7.29. The first kappa shape index (κ1) is 22.0. The number of benzene rings is 2. The molecule has 4 rings (SSSR count). The molecule has 1 unspecified atom stereocenters. The van der Waals surface area contributed by atoms with Gasteiger partial charge in [0.05, 0.1) is 12.3 Å². The highest BCUT2D eigenvalue weighted by Gasteiger charge is 2.35. The van der Waals surface area contributed by atoms with Crippen LogP contribution in [0.25, 0.3) is 10.6 Å². The van der Waals surface area contributed by atoms with Gasteiger partial charge in [0.2, 0.25) is 11.0 Å². The van der Waals surface area contributed by atoms with Crippen LogP contribution < -0.4 is 15.4 Å². The highest BCUT2D eigenvalue weighted by Crippen LogP contribution is 2.29.